The molecule has 7 nitrogen and oxygen atoms in total. The van der Waals surface area contributed by atoms with Gasteiger partial charge in [-0.15, -0.1) is 11.3 Å². The maximum Gasteiger partial charge on any atom is 0.137 e. The van der Waals surface area contributed by atoms with Crippen LogP contribution < -0.4 is 0 Å². The lowest BCUT2D eigenvalue weighted by Crippen LogP contribution is -2.14. The van der Waals surface area contributed by atoms with Crippen LogP contribution in [-0.2, 0) is 5.41 Å². The molecule has 0 atom stereocenters. The fraction of sp³-hybridized carbons (Fsp3) is 0.0233. The van der Waals surface area contributed by atoms with E-state index in [1.54, 1.807) is 0 Å². The van der Waals surface area contributed by atoms with Crippen LogP contribution in [0.25, 0.3) is 252 Å². The average molecular weight is 1770 g/mol. The molecular weight excluding hydrogens is 1680 g/mol. The molecule has 137 heavy (non-hydrogen) atoms. The summed E-state index contributed by atoms with van der Waals surface area (Å²) in [5.74, 6) is 0. The Morgan fingerprint density at radius 3 is 0.891 bits per heavy atom. The van der Waals surface area contributed by atoms with Crippen LogP contribution in [0.2, 0.25) is 0 Å². The maximum atomic E-state index is 6.50. The summed E-state index contributed by atoms with van der Waals surface area (Å²) in [7, 11) is 0. The number of para-hydroxylation sites is 12. The number of nitrogens with zero attached hydrogens (tertiary/aromatic N) is 6. The lowest BCUT2D eigenvalue weighted by atomic mass is 9.82. The second-order valence-corrected chi connectivity index (χ2v) is 38.0. The molecule has 0 amide bonds. The molecule has 0 unspecified atom stereocenters. The highest BCUT2D eigenvalue weighted by Gasteiger charge is 2.39. The van der Waals surface area contributed by atoms with Crippen molar-refractivity contribution in [3.05, 3.63) is 484 Å². The zero-order valence-electron chi connectivity index (χ0n) is 75.0. The molecule has 29 aromatic rings. The van der Waals surface area contributed by atoms with Gasteiger partial charge >= 0.3 is 0 Å². The van der Waals surface area contributed by atoms with E-state index >= 15 is 0 Å². The molecule has 0 saturated carbocycles. The highest BCUT2D eigenvalue weighted by molar-refractivity contribution is 7.26. The number of fused-ring (bicyclic) bond motifs is 30. The van der Waals surface area contributed by atoms with E-state index in [1.807, 2.05) is 11.3 Å². The molecule has 0 aliphatic heterocycles. The van der Waals surface area contributed by atoms with E-state index in [0.717, 1.165) is 27.6 Å². The van der Waals surface area contributed by atoms with Crippen molar-refractivity contribution in [2.75, 3.05) is 0 Å². The second kappa shape index (κ2) is 30.8. The molecule has 30 rings (SSSR count). The summed E-state index contributed by atoms with van der Waals surface area (Å²) in [5, 5.41) is 20.1. The van der Waals surface area contributed by atoms with E-state index in [0.29, 0.717) is 0 Å². The number of thiophene rings is 1. The van der Waals surface area contributed by atoms with Gasteiger partial charge in [-0.1, -0.05) is 293 Å². The fourth-order valence-electron chi connectivity index (χ4n) is 23.0. The molecule has 1 aliphatic carbocycles. The topological polar surface area (TPSA) is 42.7 Å². The summed E-state index contributed by atoms with van der Waals surface area (Å²) in [6.07, 6.45) is 0. The first-order valence-corrected chi connectivity index (χ1v) is 48.0. The number of rotatable bonds is 9. The Bertz CT molecular complexity index is 9610. The molecule has 8 aromatic heterocycles. The largest absolute Gasteiger partial charge is 0.456 e. The van der Waals surface area contributed by atoms with Gasteiger partial charge < -0.3 is 31.8 Å². The van der Waals surface area contributed by atoms with Gasteiger partial charge in [-0.25, -0.2) is 0 Å². The Morgan fingerprint density at radius 2 is 0.467 bits per heavy atom. The van der Waals surface area contributed by atoms with Crippen molar-refractivity contribution in [1.29, 1.82) is 0 Å². The summed E-state index contributed by atoms with van der Waals surface area (Å²) in [6, 6.07) is 172. The zero-order chi connectivity index (χ0) is 90.2. The van der Waals surface area contributed by atoms with E-state index in [4.69, 9.17) is 4.42 Å². The minimum Gasteiger partial charge on any atom is -0.456 e. The van der Waals surface area contributed by atoms with Crippen molar-refractivity contribution < 1.29 is 4.42 Å². The van der Waals surface area contributed by atoms with Gasteiger partial charge in [0.1, 0.15) is 11.2 Å². The van der Waals surface area contributed by atoms with E-state index in [-0.39, 0.29) is 5.41 Å². The molecule has 0 bridgehead atoms. The lowest BCUT2D eigenvalue weighted by Gasteiger charge is -2.21. The number of furan rings is 1. The maximum absolute atomic E-state index is 6.50. The second-order valence-electron chi connectivity index (χ2n) is 36.9. The number of benzene rings is 21. The SMILES string of the molecule is CC1(C)c2ccc(-c3ccc4c(c3)c3ccccc3n4-c3ccccc3)cc2-c2c1ccc1c3ccccc3n(-c3ccccc3)c21.c1ccc(-n2c3ccccc3c3cc(-c4ccc5oc6ccc7c8ccccc8n(-c8ccccc8)c7c6c5c4)ccc32)cc1.c1ccc(-n2c3ccccc3c3cc(-c4ccc5sc6ccc7c8ccccc8n(-c8ccccc8)c7c6c5c4)ccc32)cc1. The molecule has 1 aliphatic rings. The van der Waals surface area contributed by atoms with Crippen molar-refractivity contribution in [3.63, 3.8) is 0 Å². The van der Waals surface area contributed by atoms with Crippen LogP contribution in [0.5, 0.6) is 0 Å². The molecule has 0 N–H and O–H groups in total. The number of aromatic nitrogens is 6. The highest BCUT2D eigenvalue weighted by atomic mass is 32.1. The van der Waals surface area contributed by atoms with Crippen LogP contribution in [0, 0.1) is 0 Å². The predicted molar refractivity (Wildman–Crippen MR) is 579 cm³/mol. The predicted octanol–water partition coefficient (Wildman–Crippen LogP) is 35.2. The third kappa shape index (κ3) is 12.0. The first-order valence-electron chi connectivity index (χ1n) is 47.2. The van der Waals surface area contributed by atoms with Gasteiger partial charge in [0.2, 0.25) is 0 Å². The quantitative estimate of drug-likeness (QED) is 0.142. The van der Waals surface area contributed by atoms with E-state index in [1.165, 1.54) is 235 Å². The van der Waals surface area contributed by atoms with Crippen LogP contribution in [0.4, 0.5) is 0 Å². The Balaban J connectivity index is 0.000000102. The van der Waals surface area contributed by atoms with Crippen LogP contribution in [-0.4, -0.2) is 27.4 Å². The van der Waals surface area contributed by atoms with Crippen molar-refractivity contribution in [2.24, 2.45) is 0 Å². The molecule has 0 saturated heterocycles. The number of hydrogen-bond acceptors (Lipinski definition) is 2. The summed E-state index contributed by atoms with van der Waals surface area (Å²) < 4.78 is 23.6. The third-order valence-electron chi connectivity index (χ3n) is 29.1. The number of hydrogen-bond donors (Lipinski definition) is 0. The normalized spacial score (nSPS) is 12.5. The molecule has 0 fully saturated rings. The first kappa shape index (κ1) is 78.1. The van der Waals surface area contributed by atoms with Gasteiger partial charge in [0.15, 0.2) is 0 Å². The van der Waals surface area contributed by atoms with E-state index in [2.05, 4.69) is 514 Å². The Morgan fingerprint density at radius 1 is 0.190 bits per heavy atom. The molecule has 642 valence electrons. The van der Waals surface area contributed by atoms with Gasteiger partial charge in [0.05, 0.1) is 71.6 Å². The van der Waals surface area contributed by atoms with Gasteiger partial charge in [0.25, 0.3) is 0 Å². The Kier molecular flexibility index (Phi) is 17.5. The molecule has 0 radical (unpaired) electrons. The zero-order valence-corrected chi connectivity index (χ0v) is 75.8. The lowest BCUT2D eigenvalue weighted by molar-refractivity contribution is 0.661. The summed E-state index contributed by atoms with van der Waals surface area (Å²) >= 11 is 1.88. The molecule has 8 heterocycles. The Labute approximate surface area is 792 Å². The molecule has 8 heteroatoms. The van der Waals surface area contributed by atoms with Crippen molar-refractivity contribution >= 4 is 184 Å². The minimum absolute atomic E-state index is 0.109. The monoisotopic (exact) mass is 1760 g/mol. The Hall–Kier alpha value is -17.6. The van der Waals surface area contributed by atoms with Crippen LogP contribution in [0.1, 0.15) is 25.0 Å². The smallest absolute Gasteiger partial charge is 0.137 e. The van der Waals surface area contributed by atoms with Crippen molar-refractivity contribution in [2.45, 2.75) is 19.3 Å². The highest BCUT2D eigenvalue weighted by Crippen LogP contribution is 2.55. The molecular formula is C129H84N6OS. The van der Waals surface area contributed by atoms with E-state index in [9.17, 15) is 0 Å². The molecule has 21 aromatic carbocycles. The van der Waals surface area contributed by atoms with Crippen molar-refractivity contribution in [3.8, 4) is 78.6 Å². The van der Waals surface area contributed by atoms with Gasteiger partial charge in [-0.3, -0.25) is 0 Å². The van der Waals surface area contributed by atoms with Gasteiger partial charge in [-0.2, -0.15) is 0 Å². The van der Waals surface area contributed by atoms with E-state index < -0.39 is 0 Å². The van der Waals surface area contributed by atoms with Crippen LogP contribution in [0.3, 0.4) is 0 Å². The van der Waals surface area contributed by atoms with Crippen LogP contribution >= 0.6 is 11.3 Å². The molecule has 0 spiro atoms. The summed E-state index contributed by atoms with van der Waals surface area (Å²) in [6.45, 7) is 4.76. The fourth-order valence-corrected chi connectivity index (χ4v) is 24.1. The average Bonchev–Trinajstić information content (AvgIpc) is 1.53. The first-order chi connectivity index (χ1) is 67.8. The summed E-state index contributed by atoms with van der Waals surface area (Å²) in [5.41, 5.74) is 36.2. The van der Waals surface area contributed by atoms with Gasteiger partial charge in [0, 0.05) is 135 Å². The standard InChI is InChI=1S/C45H32N2.C42H26N2O.C42H26N2S/c1-45(2)38-24-21-29(30-22-26-42-36(27-30)34-18-10-11-19-40(34)46(42)31-13-5-3-6-14-31)28-37(38)43-39(45)25-23-35-33-17-9-12-20-41(33)47(44(35)43)32-15-7-4-8-16-32;2*1-3-11-29(12-4-1)43-36-17-9-8-16-32(36)34-25-27(19-22-38(34)43)28-20-23-39-35(26-28)41-40(45-39)24-21-33-31-15-7-10-18-37(31)44(42(33)41)30-13-5-2-6-14-30/h3-28H,1-2H3;2*1-26H. The minimum atomic E-state index is -0.109. The van der Waals surface area contributed by atoms with Gasteiger partial charge in [-0.05, 0) is 244 Å². The third-order valence-corrected chi connectivity index (χ3v) is 30.2. The van der Waals surface area contributed by atoms with Crippen molar-refractivity contribution in [1.82, 2.24) is 27.4 Å². The summed E-state index contributed by atoms with van der Waals surface area (Å²) in [4.78, 5) is 0. The van der Waals surface area contributed by atoms with Crippen LogP contribution in [0.15, 0.2) is 478 Å².